The molecule has 1 rings (SSSR count). The van der Waals surface area contributed by atoms with Gasteiger partial charge in [0.15, 0.2) is 0 Å². The molecule has 0 aliphatic rings. The second kappa shape index (κ2) is 3.32. The monoisotopic (exact) mass is 159 g/mol. The largest absolute Gasteiger partial charge is 0.399 e. The topological polar surface area (TPSA) is 26.0 Å². The first kappa shape index (κ1) is 8.67. The van der Waals surface area contributed by atoms with Gasteiger partial charge >= 0.3 is 0 Å². The van der Waals surface area contributed by atoms with Crippen molar-refractivity contribution < 1.29 is 0 Å². The molecular weight excluding hydrogens is 146 g/mol. The standard InChI is InChI=1S/C11H13N/c1-4-9-5-6-10(12)7-11(9)8(2)3/h1,5-8H,12H2,2-3H3. The molecule has 1 aromatic carbocycles. The first-order valence-corrected chi connectivity index (χ1v) is 4.01. The number of terminal acetylenes is 1. The minimum absolute atomic E-state index is 0.430. The fourth-order valence-electron chi connectivity index (χ4n) is 1.19. The number of nitrogen functional groups attached to an aromatic ring is 1. The first-order valence-electron chi connectivity index (χ1n) is 4.01. The Morgan fingerprint density at radius 2 is 2.08 bits per heavy atom. The quantitative estimate of drug-likeness (QED) is 0.494. The highest BCUT2D eigenvalue weighted by atomic mass is 14.5. The third-order valence-electron chi connectivity index (χ3n) is 1.85. The SMILES string of the molecule is C#Cc1ccc(N)cc1C(C)C. The summed E-state index contributed by atoms with van der Waals surface area (Å²) in [4.78, 5) is 0. The van der Waals surface area contributed by atoms with Crippen LogP contribution >= 0.6 is 0 Å². The van der Waals surface area contributed by atoms with E-state index < -0.39 is 0 Å². The van der Waals surface area contributed by atoms with Gasteiger partial charge in [-0.1, -0.05) is 19.8 Å². The molecule has 0 aromatic heterocycles. The molecule has 0 unspecified atom stereocenters. The van der Waals surface area contributed by atoms with Crippen LogP contribution in [0.3, 0.4) is 0 Å². The minimum atomic E-state index is 0.430. The third kappa shape index (κ3) is 1.60. The van der Waals surface area contributed by atoms with E-state index in [0.29, 0.717) is 5.92 Å². The number of anilines is 1. The van der Waals surface area contributed by atoms with Crippen molar-refractivity contribution in [3.8, 4) is 12.3 Å². The Morgan fingerprint density at radius 3 is 2.58 bits per heavy atom. The second-order valence-electron chi connectivity index (χ2n) is 3.15. The number of benzene rings is 1. The highest BCUT2D eigenvalue weighted by Crippen LogP contribution is 2.21. The lowest BCUT2D eigenvalue weighted by Crippen LogP contribution is -1.95. The van der Waals surface area contributed by atoms with Gasteiger partial charge in [-0.2, -0.15) is 0 Å². The van der Waals surface area contributed by atoms with Gasteiger partial charge in [-0.15, -0.1) is 6.42 Å². The van der Waals surface area contributed by atoms with Crippen LogP contribution in [0.2, 0.25) is 0 Å². The van der Waals surface area contributed by atoms with E-state index in [1.807, 2.05) is 18.2 Å². The summed E-state index contributed by atoms with van der Waals surface area (Å²) in [5.41, 5.74) is 8.52. The Bertz CT molecular complexity index is 318. The van der Waals surface area contributed by atoms with Crippen molar-refractivity contribution in [1.82, 2.24) is 0 Å². The van der Waals surface area contributed by atoms with Gasteiger partial charge in [-0.25, -0.2) is 0 Å². The predicted molar refractivity (Wildman–Crippen MR) is 52.9 cm³/mol. The molecule has 0 aliphatic heterocycles. The van der Waals surface area contributed by atoms with Crippen LogP contribution in [0.4, 0.5) is 5.69 Å². The average molecular weight is 159 g/mol. The van der Waals surface area contributed by atoms with Gasteiger partial charge in [0.25, 0.3) is 0 Å². The number of hydrogen-bond acceptors (Lipinski definition) is 1. The van der Waals surface area contributed by atoms with E-state index in [2.05, 4.69) is 19.8 Å². The lowest BCUT2D eigenvalue weighted by molar-refractivity contribution is 0.864. The highest BCUT2D eigenvalue weighted by Gasteiger charge is 2.04. The summed E-state index contributed by atoms with van der Waals surface area (Å²) in [7, 11) is 0. The van der Waals surface area contributed by atoms with Crippen LogP contribution in [-0.2, 0) is 0 Å². The Hall–Kier alpha value is -1.42. The number of hydrogen-bond donors (Lipinski definition) is 1. The molecule has 1 nitrogen and oxygen atoms in total. The lowest BCUT2D eigenvalue weighted by atomic mass is 9.97. The Labute approximate surface area is 73.6 Å². The zero-order valence-corrected chi connectivity index (χ0v) is 7.46. The third-order valence-corrected chi connectivity index (χ3v) is 1.85. The van der Waals surface area contributed by atoms with E-state index in [1.54, 1.807) is 0 Å². The van der Waals surface area contributed by atoms with Crippen LogP contribution in [-0.4, -0.2) is 0 Å². The normalized spacial score (nSPS) is 9.83. The molecule has 0 aliphatic carbocycles. The zero-order valence-electron chi connectivity index (χ0n) is 7.46. The summed E-state index contributed by atoms with van der Waals surface area (Å²) >= 11 is 0. The number of rotatable bonds is 1. The molecule has 0 saturated heterocycles. The Morgan fingerprint density at radius 1 is 1.42 bits per heavy atom. The van der Waals surface area contributed by atoms with Gasteiger partial charge < -0.3 is 5.73 Å². The molecule has 0 bridgehead atoms. The van der Waals surface area contributed by atoms with E-state index in [4.69, 9.17) is 12.2 Å². The molecule has 0 fully saturated rings. The molecule has 62 valence electrons. The van der Waals surface area contributed by atoms with Crippen LogP contribution in [0.25, 0.3) is 0 Å². The Kier molecular flexibility index (Phi) is 2.40. The molecule has 0 radical (unpaired) electrons. The summed E-state index contributed by atoms with van der Waals surface area (Å²) < 4.78 is 0. The van der Waals surface area contributed by atoms with Crippen molar-refractivity contribution in [1.29, 1.82) is 0 Å². The van der Waals surface area contributed by atoms with Gasteiger partial charge in [-0.3, -0.25) is 0 Å². The summed E-state index contributed by atoms with van der Waals surface area (Å²) in [6.45, 7) is 4.21. The van der Waals surface area contributed by atoms with Crippen LogP contribution < -0.4 is 5.73 Å². The van der Waals surface area contributed by atoms with E-state index in [9.17, 15) is 0 Å². The summed E-state index contributed by atoms with van der Waals surface area (Å²) in [6.07, 6.45) is 5.35. The predicted octanol–water partition coefficient (Wildman–Crippen LogP) is 2.37. The molecule has 2 N–H and O–H groups in total. The fraction of sp³-hybridized carbons (Fsp3) is 0.273. The van der Waals surface area contributed by atoms with Crippen molar-refractivity contribution in [3.63, 3.8) is 0 Å². The van der Waals surface area contributed by atoms with Crippen LogP contribution in [0, 0.1) is 12.3 Å². The zero-order chi connectivity index (χ0) is 9.14. The molecule has 0 spiro atoms. The van der Waals surface area contributed by atoms with Crippen LogP contribution in [0.15, 0.2) is 18.2 Å². The van der Waals surface area contributed by atoms with Crippen LogP contribution in [0.5, 0.6) is 0 Å². The van der Waals surface area contributed by atoms with E-state index in [-0.39, 0.29) is 0 Å². The van der Waals surface area contributed by atoms with E-state index >= 15 is 0 Å². The molecule has 1 aromatic rings. The van der Waals surface area contributed by atoms with Crippen molar-refractivity contribution in [3.05, 3.63) is 29.3 Å². The van der Waals surface area contributed by atoms with Gasteiger partial charge in [0, 0.05) is 11.3 Å². The Balaban J connectivity index is 3.24. The lowest BCUT2D eigenvalue weighted by Gasteiger charge is -2.08. The van der Waals surface area contributed by atoms with Crippen molar-refractivity contribution in [2.45, 2.75) is 19.8 Å². The molecule has 0 atom stereocenters. The molecule has 1 heteroatoms. The minimum Gasteiger partial charge on any atom is -0.399 e. The van der Waals surface area contributed by atoms with Gasteiger partial charge in [0.05, 0.1) is 0 Å². The van der Waals surface area contributed by atoms with Crippen LogP contribution in [0.1, 0.15) is 30.9 Å². The van der Waals surface area contributed by atoms with Crippen molar-refractivity contribution >= 4 is 5.69 Å². The van der Waals surface area contributed by atoms with Crippen molar-refractivity contribution in [2.24, 2.45) is 0 Å². The fourth-order valence-corrected chi connectivity index (χ4v) is 1.19. The van der Waals surface area contributed by atoms with Gasteiger partial charge in [0.2, 0.25) is 0 Å². The van der Waals surface area contributed by atoms with E-state index in [1.165, 1.54) is 0 Å². The molecule has 12 heavy (non-hydrogen) atoms. The average Bonchev–Trinajstić information content (AvgIpc) is 2.04. The molecule has 0 saturated carbocycles. The van der Waals surface area contributed by atoms with Gasteiger partial charge in [-0.05, 0) is 29.7 Å². The molecular formula is C11H13N. The smallest absolute Gasteiger partial charge is 0.0317 e. The second-order valence-corrected chi connectivity index (χ2v) is 3.15. The first-order chi connectivity index (χ1) is 5.65. The highest BCUT2D eigenvalue weighted by molar-refractivity contribution is 5.51. The molecule has 0 heterocycles. The molecule has 0 amide bonds. The van der Waals surface area contributed by atoms with Crippen molar-refractivity contribution in [2.75, 3.05) is 5.73 Å². The maximum absolute atomic E-state index is 5.65. The summed E-state index contributed by atoms with van der Waals surface area (Å²) in [5.74, 6) is 3.08. The maximum atomic E-state index is 5.65. The summed E-state index contributed by atoms with van der Waals surface area (Å²) in [5, 5.41) is 0. The summed E-state index contributed by atoms with van der Waals surface area (Å²) in [6, 6.07) is 5.67. The number of nitrogens with two attached hydrogens (primary N) is 1. The maximum Gasteiger partial charge on any atom is 0.0317 e. The van der Waals surface area contributed by atoms with Gasteiger partial charge in [0.1, 0.15) is 0 Å². The van der Waals surface area contributed by atoms with E-state index in [0.717, 1.165) is 16.8 Å².